The van der Waals surface area contributed by atoms with Crippen molar-refractivity contribution >= 4 is 23.5 Å². The molecule has 0 radical (unpaired) electrons. The zero-order chi connectivity index (χ0) is 15.8. The second kappa shape index (κ2) is 8.47. The molecule has 0 aliphatic carbocycles. The number of carbonyl (C=O) groups excluding carboxylic acids is 2. The molecule has 0 N–H and O–H groups in total. The lowest BCUT2D eigenvalue weighted by Crippen LogP contribution is -2.13. The third kappa shape index (κ3) is 6.95. The van der Waals surface area contributed by atoms with Crippen molar-refractivity contribution in [3.8, 4) is 5.75 Å². The highest BCUT2D eigenvalue weighted by Crippen LogP contribution is 2.21. The quantitative estimate of drug-likeness (QED) is 0.436. The summed E-state index contributed by atoms with van der Waals surface area (Å²) in [5.74, 6) is -0.480. The summed E-state index contributed by atoms with van der Waals surface area (Å²) >= 11 is 5.88. The Kier molecular flexibility index (Phi) is 6.96. The first-order chi connectivity index (χ1) is 9.88. The van der Waals surface area contributed by atoms with Gasteiger partial charge in [0.1, 0.15) is 5.75 Å². The van der Waals surface area contributed by atoms with E-state index in [0.29, 0.717) is 23.8 Å². The fourth-order valence-corrected chi connectivity index (χ4v) is 1.60. The van der Waals surface area contributed by atoms with Gasteiger partial charge in [0.25, 0.3) is 0 Å². The predicted molar refractivity (Wildman–Crippen MR) is 81.4 cm³/mol. The number of esters is 2. The lowest BCUT2D eigenvalue weighted by Gasteiger charge is -2.06. The van der Waals surface area contributed by atoms with Gasteiger partial charge in [0.2, 0.25) is 0 Å². The number of carbonyl (C=O) groups is 2. The molecule has 0 atom stereocenters. The van der Waals surface area contributed by atoms with Crippen molar-refractivity contribution in [2.45, 2.75) is 33.1 Å². The van der Waals surface area contributed by atoms with Gasteiger partial charge in [-0.25, -0.2) is 0 Å². The number of benzene rings is 1. The van der Waals surface area contributed by atoms with Crippen LogP contribution in [0.3, 0.4) is 0 Å². The topological polar surface area (TPSA) is 52.6 Å². The van der Waals surface area contributed by atoms with Gasteiger partial charge in [0.15, 0.2) is 0 Å². The summed E-state index contributed by atoms with van der Waals surface area (Å²) in [4.78, 5) is 23.0. The van der Waals surface area contributed by atoms with Crippen LogP contribution in [0.1, 0.15) is 31.7 Å². The maximum Gasteiger partial charge on any atom is 0.311 e. The molecule has 0 saturated heterocycles. The minimum atomic E-state index is -0.478. The predicted octanol–water partition coefficient (Wildman–Crippen LogP) is 3.84. The number of rotatable bonds is 7. The van der Waals surface area contributed by atoms with E-state index in [9.17, 15) is 9.59 Å². The summed E-state index contributed by atoms with van der Waals surface area (Å²) in [6.07, 6.45) is 0.607. The summed E-state index contributed by atoms with van der Waals surface area (Å²) in [7, 11) is 0. The molecule has 0 aliphatic heterocycles. The molecular formula is C16H19ClO4. The highest BCUT2D eigenvalue weighted by molar-refractivity contribution is 6.31. The maximum atomic E-state index is 11.6. The lowest BCUT2D eigenvalue weighted by molar-refractivity contribution is -0.146. The van der Waals surface area contributed by atoms with Crippen molar-refractivity contribution in [1.29, 1.82) is 0 Å². The summed E-state index contributed by atoms with van der Waals surface area (Å²) in [5, 5.41) is 0.607. The fourth-order valence-electron chi connectivity index (χ4n) is 1.48. The molecule has 0 heterocycles. The van der Waals surface area contributed by atoms with Gasteiger partial charge >= 0.3 is 11.9 Å². The van der Waals surface area contributed by atoms with Crippen LogP contribution in [-0.2, 0) is 14.3 Å². The van der Waals surface area contributed by atoms with Crippen molar-refractivity contribution in [2.24, 2.45) is 0 Å². The number of aryl methyl sites for hydroxylation is 1. The number of hydrogen-bond donors (Lipinski definition) is 0. The highest BCUT2D eigenvalue weighted by Gasteiger charge is 2.10. The number of halogens is 1. The SMILES string of the molecule is C=C(C)CCOC(=O)CCC(=O)Oc1ccc(Cl)c(C)c1. The number of hydrogen-bond acceptors (Lipinski definition) is 4. The average molecular weight is 311 g/mol. The van der Waals surface area contributed by atoms with Crippen LogP contribution in [0.4, 0.5) is 0 Å². The molecule has 114 valence electrons. The first-order valence-electron chi connectivity index (χ1n) is 6.65. The third-order valence-corrected chi connectivity index (χ3v) is 3.11. The lowest BCUT2D eigenvalue weighted by atomic mass is 10.2. The van der Waals surface area contributed by atoms with Crippen LogP contribution in [-0.4, -0.2) is 18.5 Å². The van der Waals surface area contributed by atoms with Crippen molar-refractivity contribution in [3.05, 3.63) is 40.9 Å². The minimum absolute atomic E-state index is 0.00158. The van der Waals surface area contributed by atoms with Crippen LogP contribution < -0.4 is 4.74 Å². The standard InChI is InChI=1S/C16H19ClO4/c1-11(2)8-9-20-15(18)6-7-16(19)21-13-4-5-14(17)12(3)10-13/h4-5,10H,1,6-9H2,2-3H3. The zero-order valence-corrected chi connectivity index (χ0v) is 13.0. The molecule has 0 aliphatic rings. The van der Waals surface area contributed by atoms with Crippen molar-refractivity contribution in [2.75, 3.05) is 6.61 Å². The Balaban J connectivity index is 2.32. The molecular weight excluding hydrogens is 292 g/mol. The van der Waals surface area contributed by atoms with E-state index < -0.39 is 11.9 Å². The molecule has 1 aromatic rings. The van der Waals surface area contributed by atoms with E-state index in [4.69, 9.17) is 21.1 Å². The Morgan fingerprint density at radius 2 is 1.86 bits per heavy atom. The van der Waals surface area contributed by atoms with E-state index in [-0.39, 0.29) is 12.8 Å². The van der Waals surface area contributed by atoms with Gasteiger partial charge in [-0.2, -0.15) is 0 Å². The zero-order valence-electron chi connectivity index (χ0n) is 12.3. The largest absolute Gasteiger partial charge is 0.465 e. The van der Waals surface area contributed by atoms with E-state index in [2.05, 4.69) is 6.58 Å². The second-order valence-corrected chi connectivity index (χ2v) is 5.22. The molecule has 0 fully saturated rings. The highest BCUT2D eigenvalue weighted by atomic mass is 35.5. The van der Waals surface area contributed by atoms with Gasteiger partial charge in [0.05, 0.1) is 19.4 Å². The first-order valence-corrected chi connectivity index (χ1v) is 7.03. The molecule has 4 nitrogen and oxygen atoms in total. The Hall–Kier alpha value is -1.81. The Morgan fingerprint density at radius 3 is 2.48 bits per heavy atom. The summed E-state index contributed by atoms with van der Waals surface area (Å²) in [6, 6.07) is 4.94. The normalized spacial score (nSPS) is 10.0. The van der Waals surface area contributed by atoms with Gasteiger partial charge in [-0.1, -0.05) is 17.2 Å². The average Bonchev–Trinajstić information content (AvgIpc) is 2.40. The molecule has 0 amide bonds. The molecule has 0 aromatic heterocycles. The van der Waals surface area contributed by atoms with Gasteiger partial charge in [-0.15, -0.1) is 6.58 Å². The van der Waals surface area contributed by atoms with Gasteiger partial charge in [-0.3, -0.25) is 9.59 Å². The minimum Gasteiger partial charge on any atom is -0.465 e. The number of ether oxygens (including phenoxy) is 2. The van der Waals surface area contributed by atoms with Crippen LogP contribution in [0.15, 0.2) is 30.4 Å². The van der Waals surface area contributed by atoms with Crippen LogP contribution in [0.2, 0.25) is 5.02 Å². The van der Waals surface area contributed by atoms with Crippen LogP contribution in [0.5, 0.6) is 5.75 Å². The van der Waals surface area contributed by atoms with Crippen LogP contribution in [0, 0.1) is 6.92 Å². The van der Waals surface area contributed by atoms with Gasteiger partial charge in [0, 0.05) is 11.4 Å². The molecule has 1 aromatic carbocycles. The smallest absolute Gasteiger partial charge is 0.311 e. The van der Waals surface area contributed by atoms with Gasteiger partial charge < -0.3 is 9.47 Å². The van der Waals surface area contributed by atoms with Gasteiger partial charge in [-0.05, 0) is 37.6 Å². The molecule has 0 unspecified atom stereocenters. The maximum absolute atomic E-state index is 11.6. The summed E-state index contributed by atoms with van der Waals surface area (Å²) in [6.45, 7) is 7.68. The molecule has 5 heteroatoms. The summed E-state index contributed by atoms with van der Waals surface area (Å²) < 4.78 is 10.1. The van der Waals surface area contributed by atoms with Crippen molar-refractivity contribution in [1.82, 2.24) is 0 Å². The van der Waals surface area contributed by atoms with E-state index in [1.807, 2.05) is 13.8 Å². The van der Waals surface area contributed by atoms with Crippen molar-refractivity contribution < 1.29 is 19.1 Å². The summed E-state index contributed by atoms with van der Waals surface area (Å²) in [5.41, 5.74) is 1.77. The third-order valence-electron chi connectivity index (χ3n) is 2.69. The Morgan fingerprint density at radius 1 is 1.19 bits per heavy atom. The Labute approximate surface area is 129 Å². The molecule has 1 rings (SSSR count). The van der Waals surface area contributed by atoms with E-state index >= 15 is 0 Å². The Bertz CT molecular complexity index is 537. The molecule has 0 spiro atoms. The van der Waals surface area contributed by atoms with E-state index in [0.717, 1.165) is 11.1 Å². The monoisotopic (exact) mass is 310 g/mol. The van der Waals surface area contributed by atoms with Crippen LogP contribution in [0.25, 0.3) is 0 Å². The van der Waals surface area contributed by atoms with E-state index in [1.165, 1.54) is 0 Å². The molecule has 0 saturated carbocycles. The molecule has 0 bridgehead atoms. The second-order valence-electron chi connectivity index (χ2n) is 4.81. The fraction of sp³-hybridized carbons (Fsp3) is 0.375. The van der Waals surface area contributed by atoms with Crippen LogP contribution >= 0.6 is 11.6 Å². The van der Waals surface area contributed by atoms with Crippen molar-refractivity contribution in [3.63, 3.8) is 0 Å². The first kappa shape index (κ1) is 17.2. The molecule has 21 heavy (non-hydrogen) atoms. The van der Waals surface area contributed by atoms with E-state index in [1.54, 1.807) is 18.2 Å².